The lowest BCUT2D eigenvalue weighted by atomic mass is 10.3. The summed E-state index contributed by atoms with van der Waals surface area (Å²) in [5, 5.41) is 6.82. The topological polar surface area (TPSA) is 51.8 Å². The second-order valence-corrected chi connectivity index (χ2v) is 4.38. The molecule has 0 saturated heterocycles. The second kappa shape index (κ2) is 13.2. The summed E-state index contributed by atoms with van der Waals surface area (Å²) in [6.07, 6.45) is 1.18. The van der Waals surface area contributed by atoms with Gasteiger partial charge in [-0.05, 0) is 26.8 Å². The predicted molar refractivity (Wildman–Crippen MR) is 74.1 cm³/mol. The fourth-order valence-corrected chi connectivity index (χ4v) is 1.56. The third-order valence-electron chi connectivity index (χ3n) is 2.68. The first-order valence-corrected chi connectivity index (χ1v) is 6.78. The second-order valence-electron chi connectivity index (χ2n) is 4.38. The summed E-state index contributed by atoms with van der Waals surface area (Å²) in [5.41, 5.74) is 0. The maximum absolute atomic E-state index is 5.29. The fourth-order valence-electron chi connectivity index (χ4n) is 1.56. The lowest BCUT2D eigenvalue weighted by Gasteiger charge is -2.19. The molecule has 0 rings (SSSR count). The van der Waals surface area contributed by atoms with Gasteiger partial charge in [0.1, 0.15) is 0 Å². The summed E-state index contributed by atoms with van der Waals surface area (Å²) in [4.78, 5) is 0. The van der Waals surface area contributed by atoms with Crippen LogP contribution in [-0.2, 0) is 14.2 Å². The van der Waals surface area contributed by atoms with Gasteiger partial charge in [0.05, 0.1) is 12.7 Å². The van der Waals surface area contributed by atoms with Crippen molar-refractivity contribution in [2.24, 2.45) is 0 Å². The molecule has 2 N–H and O–H groups in total. The van der Waals surface area contributed by atoms with Crippen molar-refractivity contribution in [1.29, 1.82) is 0 Å². The van der Waals surface area contributed by atoms with Crippen LogP contribution in [0.2, 0.25) is 0 Å². The molecule has 2 unspecified atom stereocenters. The molecule has 0 spiro atoms. The molecule has 0 saturated carbocycles. The Morgan fingerprint density at radius 3 is 2.56 bits per heavy atom. The Bertz CT molecular complexity index is 170. The Kier molecular flexibility index (Phi) is 13.1. The summed E-state index contributed by atoms with van der Waals surface area (Å²) in [6.45, 7) is 9.21. The summed E-state index contributed by atoms with van der Waals surface area (Å²) in [6, 6.07) is 0.423. The van der Waals surface area contributed by atoms with Gasteiger partial charge in [0.25, 0.3) is 0 Å². The zero-order valence-electron chi connectivity index (χ0n) is 12.3. The molecule has 0 aliphatic rings. The summed E-state index contributed by atoms with van der Waals surface area (Å²) >= 11 is 0. The van der Waals surface area contributed by atoms with E-state index in [0.717, 1.165) is 39.3 Å². The van der Waals surface area contributed by atoms with E-state index in [-0.39, 0.29) is 6.10 Å². The van der Waals surface area contributed by atoms with Crippen LogP contribution in [0.15, 0.2) is 0 Å². The molecule has 0 fully saturated rings. The van der Waals surface area contributed by atoms with Crippen LogP contribution in [0.3, 0.4) is 0 Å². The largest absolute Gasteiger partial charge is 0.382 e. The van der Waals surface area contributed by atoms with Crippen LogP contribution in [0.25, 0.3) is 0 Å². The molecule has 0 radical (unpaired) electrons. The van der Waals surface area contributed by atoms with Crippen molar-refractivity contribution in [3.05, 3.63) is 0 Å². The Labute approximate surface area is 112 Å². The zero-order valence-corrected chi connectivity index (χ0v) is 12.3. The predicted octanol–water partition coefficient (Wildman–Crippen LogP) is 0.642. The molecule has 0 aromatic rings. The van der Waals surface area contributed by atoms with E-state index in [2.05, 4.69) is 17.6 Å². The SMILES string of the molecule is CCOCCCNCC(C)NCC(COC)OC. The monoisotopic (exact) mass is 262 g/mol. The average Bonchev–Trinajstić information content (AvgIpc) is 2.38. The highest BCUT2D eigenvalue weighted by molar-refractivity contribution is 4.68. The van der Waals surface area contributed by atoms with E-state index in [4.69, 9.17) is 14.2 Å². The van der Waals surface area contributed by atoms with Crippen molar-refractivity contribution < 1.29 is 14.2 Å². The standard InChI is InChI=1S/C13H30N2O3/c1-5-18-8-6-7-14-9-12(2)15-10-13(17-4)11-16-3/h12-15H,5-11H2,1-4H3. The van der Waals surface area contributed by atoms with Crippen molar-refractivity contribution in [3.8, 4) is 0 Å². The first kappa shape index (κ1) is 17.8. The summed E-state index contributed by atoms with van der Waals surface area (Å²) < 4.78 is 15.6. The van der Waals surface area contributed by atoms with E-state index < -0.39 is 0 Å². The molecular weight excluding hydrogens is 232 g/mol. The van der Waals surface area contributed by atoms with E-state index in [1.54, 1.807) is 14.2 Å². The van der Waals surface area contributed by atoms with Gasteiger partial charge in [0, 0.05) is 46.6 Å². The number of ether oxygens (including phenoxy) is 3. The molecular formula is C13H30N2O3. The highest BCUT2D eigenvalue weighted by Gasteiger charge is 2.08. The van der Waals surface area contributed by atoms with Gasteiger partial charge in [-0.2, -0.15) is 0 Å². The Hall–Kier alpha value is -0.200. The molecule has 0 aromatic carbocycles. The molecule has 0 aromatic heterocycles. The maximum atomic E-state index is 5.29. The number of nitrogens with one attached hydrogen (secondary N) is 2. The molecule has 5 nitrogen and oxygen atoms in total. The van der Waals surface area contributed by atoms with Crippen molar-refractivity contribution >= 4 is 0 Å². The van der Waals surface area contributed by atoms with Crippen LogP contribution in [0.1, 0.15) is 20.3 Å². The highest BCUT2D eigenvalue weighted by Crippen LogP contribution is 1.90. The Morgan fingerprint density at radius 1 is 1.17 bits per heavy atom. The summed E-state index contributed by atoms with van der Waals surface area (Å²) in [7, 11) is 3.40. The lowest BCUT2D eigenvalue weighted by Crippen LogP contribution is -2.42. The number of hydrogen-bond donors (Lipinski definition) is 2. The number of rotatable bonds is 13. The maximum Gasteiger partial charge on any atom is 0.0928 e. The lowest BCUT2D eigenvalue weighted by molar-refractivity contribution is 0.0276. The molecule has 0 aliphatic carbocycles. The van der Waals surface area contributed by atoms with E-state index in [9.17, 15) is 0 Å². The minimum atomic E-state index is 0.121. The first-order valence-electron chi connectivity index (χ1n) is 6.78. The molecule has 18 heavy (non-hydrogen) atoms. The normalized spacial score (nSPS) is 14.7. The van der Waals surface area contributed by atoms with Crippen molar-refractivity contribution in [1.82, 2.24) is 10.6 Å². The average molecular weight is 262 g/mol. The Balaban J connectivity index is 3.38. The van der Waals surface area contributed by atoms with E-state index in [1.807, 2.05) is 6.92 Å². The van der Waals surface area contributed by atoms with Crippen LogP contribution in [0.4, 0.5) is 0 Å². The van der Waals surface area contributed by atoms with Gasteiger partial charge < -0.3 is 24.8 Å². The van der Waals surface area contributed by atoms with Crippen LogP contribution >= 0.6 is 0 Å². The fraction of sp³-hybridized carbons (Fsp3) is 1.00. The highest BCUT2D eigenvalue weighted by atomic mass is 16.5. The summed E-state index contributed by atoms with van der Waals surface area (Å²) in [5.74, 6) is 0. The van der Waals surface area contributed by atoms with Gasteiger partial charge in [-0.25, -0.2) is 0 Å². The molecule has 0 heterocycles. The van der Waals surface area contributed by atoms with Crippen molar-refractivity contribution in [3.63, 3.8) is 0 Å². The number of methoxy groups -OCH3 is 2. The molecule has 0 bridgehead atoms. The molecule has 2 atom stereocenters. The molecule has 110 valence electrons. The van der Waals surface area contributed by atoms with Crippen LogP contribution in [-0.4, -0.2) is 65.8 Å². The van der Waals surface area contributed by atoms with Crippen LogP contribution in [0.5, 0.6) is 0 Å². The van der Waals surface area contributed by atoms with Crippen LogP contribution in [0, 0.1) is 0 Å². The van der Waals surface area contributed by atoms with Gasteiger partial charge in [-0.15, -0.1) is 0 Å². The smallest absolute Gasteiger partial charge is 0.0928 e. The first-order chi connectivity index (χ1) is 8.74. The van der Waals surface area contributed by atoms with Gasteiger partial charge in [0.15, 0.2) is 0 Å². The van der Waals surface area contributed by atoms with Gasteiger partial charge in [-0.1, -0.05) is 0 Å². The zero-order chi connectivity index (χ0) is 13.6. The van der Waals surface area contributed by atoms with Crippen molar-refractivity contribution in [2.45, 2.75) is 32.4 Å². The Morgan fingerprint density at radius 2 is 1.94 bits per heavy atom. The quantitative estimate of drug-likeness (QED) is 0.477. The van der Waals surface area contributed by atoms with Gasteiger partial charge >= 0.3 is 0 Å². The molecule has 0 amide bonds. The van der Waals surface area contributed by atoms with Gasteiger partial charge in [-0.3, -0.25) is 0 Å². The minimum absolute atomic E-state index is 0.121. The number of hydrogen-bond acceptors (Lipinski definition) is 5. The van der Waals surface area contributed by atoms with Crippen molar-refractivity contribution in [2.75, 3.05) is 53.7 Å². The molecule has 5 heteroatoms. The third-order valence-corrected chi connectivity index (χ3v) is 2.68. The minimum Gasteiger partial charge on any atom is -0.382 e. The van der Waals surface area contributed by atoms with E-state index in [0.29, 0.717) is 12.6 Å². The van der Waals surface area contributed by atoms with Crippen LogP contribution < -0.4 is 10.6 Å². The van der Waals surface area contributed by atoms with E-state index in [1.165, 1.54) is 0 Å². The van der Waals surface area contributed by atoms with E-state index >= 15 is 0 Å². The third kappa shape index (κ3) is 10.9. The van der Waals surface area contributed by atoms with Gasteiger partial charge in [0.2, 0.25) is 0 Å². The molecule has 0 aliphatic heterocycles.